The number of anilines is 1. The molecule has 0 bridgehead atoms. The van der Waals surface area contributed by atoms with E-state index in [4.69, 9.17) is 0 Å². The molecule has 18 heavy (non-hydrogen) atoms. The van der Waals surface area contributed by atoms with E-state index in [0.29, 0.717) is 0 Å². The van der Waals surface area contributed by atoms with Gasteiger partial charge in [-0.3, -0.25) is 0 Å². The number of hydrogen-bond acceptors (Lipinski definition) is 3. The summed E-state index contributed by atoms with van der Waals surface area (Å²) in [5.74, 6) is 0. The number of rotatable bonds is 1. The van der Waals surface area contributed by atoms with Crippen LogP contribution in [0.4, 0.5) is 5.69 Å². The second kappa shape index (κ2) is 4.22. The Kier molecular flexibility index (Phi) is 2.92. The fourth-order valence-electron chi connectivity index (χ4n) is 2.45. The summed E-state index contributed by atoms with van der Waals surface area (Å²) in [5, 5.41) is 3.71. The maximum atomic E-state index is 3.71. The van der Waals surface area contributed by atoms with Gasteiger partial charge in [0, 0.05) is 11.3 Å². The van der Waals surface area contributed by atoms with Crippen molar-refractivity contribution in [1.82, 2.24) is 0 Å². The Morgan fingerprint density at radius 1 is 1.33 bits per heavy atom. The minimum atomic E-state index is 0.0313. The summed E-state index contributed by atoms with van der Waals surface area (Å²) in [6.45, 7) is 6.73. The van der Waals surface area contributed by atoms with Crippen LogP contribution in [-0.2, 0) is 5.54 Å². The monoisotopic (exact) mass is 294 g/mol. The fourth-order valence-corrected chi connectivity index (χ4v) is 6.80. The third kappa shape index (κ3) is 1.70. The Morgan fingerprint density at radius 3 is 2.83 bits per heavy atom. The van der Waals surface area contributed by atoms with Crippen LogP contribution in [0.1, 0.15) is 24.3 Å². The van der Waals surface area contributed by atoms with Gasteiger partial charge < -0.3 is 5.32 Å². The molecule has 0 unspecified atom stereocenters. The zero-order valence-electron chi connectivity index (χ0n) is 11.0. The van der Waals surface area contributed by atoms with E-state index in [-0.39, 0.29) is 5.54 Å². The summed E-state index contributed by atoms with van der Waals surface area (Å²) in [4.78, 5) is 1.47. The minimum absolute atomic E-state index is 0.0313. The lowest BCUT2D eigenvalue weighted by atomic mass is 9.88. The highest BCUT2D eigenvalue weighted by Gasteiger charge is 2.39. The summed E-state index contributed by atoms with van der Waals surface area (Å²) in [5.41, 5.74) is 5.49. The van der Waals surface area contributed by atoms with Gasteiger partial charge in [-0.25, -0.2) is 0 Å². The first-order valence-corrected chi connectivity index (χ1v) is 9.31. The number of thioether (sulfide) groups is 1. The van der Waals surface area contributed by atoms with Crippen molar-refractivity contribution in [2.45, 2.75) is 30.5 Å². The molecule has 0 saturated carbocycles. The van der Waals surface area contributed by atoms with E-state index in [2.05, 4.69) is 50.5 Å². The predicted octanol–water partition coefficient (Wildman–Crippen LogP) is 5.45. The first kappa shape index (κ1) is 12.5. The van der Waals surface area contributed by atoms with Crippen LogP contribution in [0.15, 0.2) is 22.4 Å². The van der Waals surface area contributed by atoms with Gasteiger partial charge in [0.2, 0.25) is 0 Å². The second-order valence-electron chi connectivity index (χ2n) is 5.11. The van der Waals surface area contributed by atoms with Crippen LogP contribution in [0, 0.1) is 6.92 Å². The molecule has 2 aromatic rings. The molecule has 1 aliphatic heterocycles. The van der Waals surface area contributed by atoms with E-state index in [1.165, 1.54) is 31.5 Å². The number of nitrogens with one attached hydrogen (secondary N) is 1. The maximum Gasteiger partial charge on any atom is 0.308 e. The zero-order chi connectivity index (χ0) is 12.9. The van der Waals surface area contributed by atoms with Gasteiger partial charge in [-0.2, -0.15) is 0 Å². The highest BCUT2D eigenvalue weighted by atomic mass is 32.9. The zero-order valence-corrected chi connectivity index (χ0v) is 13.4. The van der Waals surface area contributed by atoms with E-state index in [0.717, 1.165) is 0 Å². The Balaban J connectivity index is 2.35. The third-order valence-corrected chi connectivity index (χ3v) is 7.58. The molecule has 0 aliphatic carbocycles. The predicted molar refractivity (Wildman–Crippen MR) is 85.2 cm³/mol. The number of para-hydroxylation sites is 1. The van der Waals surface area contributed by atoms with Gasteiger partial charge in [0.05, 0.1) is 11.1 Å². The van der Waals surface area contributed by atoms with E-state index in [1.54, 1.807) is 0 Å². The molecule has 1 N–H and O–H groups in total. The molecule has 2 heterocycles. The number of hydrogen-bond donors (Lipinski definition) is 1. The largest absolute Gasteiger partial charge is 0.374 e. The van der Waals surface area contributed by atoms with Gasteiger partial charge in [0.1, 0.15) is 4.88 Å². The van der Waals surface area contributed by atoms with Crippen molar-refractivity contribution in [1.29, 1.82) is 0 Å². The van der Waals surface area contributed by atoms with Gasteiger partial charge in [-0.15, -0.1) is 0 Å². The average Bonchev–Trinajstić information content (AvgIpc) is 2.75. The van der Waals surface area contributed by atoms with Gasteiger partial charge in [0.15, 0.2) is 10.3 Å². The van der Waals surface area contributed by atoms with Crippen LogP contribution in [0.2, 0.25) is 0 Å². The minimum Gasteiger partial charge on any atom is -0.374 e. The number of aryl methyl sites for hydroxylation is 1. The lowest BCUT2D eigenvalue weighted by molar-refractivity contribution is 0.618. The van der Waals surface area contributed by atoms with Crippen molar-refractivity contribution < 1.29 is 0 Å². The third-order valence-electron chi connectivity index (χ3n) is 3.36. The van der Waals surface area contributed by atoms with Crippen molar-refractivity contribution in [2.24, 2.45) is 0 Å². The van der Waals surface area contributed by atoms with Gasteiger partial charge >= 0.3 is 10.3 Å². The van der Waals surface area contributed by atoms with Crippen LogP contribution < -0.4 is 5.32 Å². The molecular formula is C14H16NS3+. The Hall–Kier alpha value is -0.580. The van der Waals surface area contributed by atoms with E-state index in [9.17, 15) is 0 Å². The highest BCUT2D eigenvalue weighted by Crippen LogP contribution is 2.53. The average molecular weight is 294 g/mol. The molecule has 0 atom stereocenters. The molecule has 1 aliphatic rings. The molecule has 94 valence electrons. The molecular weight excluding hydrogens is 278 g/mol. The van der Waals surface area contributed by atoms with Gasteiger partial charge in [0.25, 0.3) is 4.21 Å². The number of benzene rings is 1. The highest BCUT2D eigenvalue weighted by molar-refractivity contribution is 8.02. The Morgan fingerprint density at radius 2 is 2.11 bits per heavy atom. The van der Waals surface area contributed by atoms with Crippen molar-refractivity contribution in [3.05, 3.63) is 28.6 Å². The SMILES string of the molecule is CSc1[s+]sc2c1-c1cccc(C)c1NC2(C)C. The Labute approximate surface area is 120 Å². The van der Waals surface area contributed by atoms with Crippen molar-refractivity contribution in [3.8, 4) is 11.1 Å². The van der Waals surface area contributed by atoms with Crippen LogP contribution in [-0.4, -0.2) is 6.26 Å². The number of fused-ring (bicyclic) bond motifs is 3. The second-order valence-corrected chi connectivity index (χ2v) is 8.33. The molecule has 1 nitrogen and oxygen atoms in total. The smallest absolute Gasteiger partial charge is 0.308 e. The van der Waals surface area contributed by atoms with Crippen LogP contribution >= 0.6 is 32.4 Å². The summed E-state index contributed by atoms with van der Waals surface area (Å²) < 4.78 is 1.44. The summed E-state index contributed by atoms with van der Waals surface area (Å²) in [6, 6.07) is 6.58. The van der Waals surface area contributed by atoms with Crippen molar-refractivity contribution in [2.75, 3.05) is 11.6 Å². The molecule has 4 heteroatoms. The van der Waals surface area contributed by atoms with Crippen molar-refractivity contribution in [3.63, 3.8) is 0 Å². The van der Waals surface area contributed by atoms with Gasteiger partial charge in [-0.05, 0) is 32.6 Å². The molecule has 0 radical (unpaired) electrons. The molecule has 1 aromatic heterocycles. The molecule has 3 rings (SSSR count). The summed E-state index contributed by atoms with van der Waals surface area (Å²) in [6.07, 6.45) is 2.17. The molecule has 0 spiro atoms. The summed E-state index contributed by atoms with van der Waals surface area (Å²) >= 11 is 1.86. The molecule has 0 amide bonds. The molecule has 1 aromatic carbocycles. The van der Waals surface area contributed by atoms with E-state index >= 15 is 0 Å². The first-order chi connectivity index (χ1) is 8.54. The van der Waals surface area contributed by atoms with Crippen LogP contribution in [0.3, 0.4) is 0 Å². The normalized spacial score (nSPS) is 15.8. The van der Waals surface area contributed by atoms with Crippen LogP contribution in [0.5, 0.6) is 0 Å². The molecule has 0 fully saturated rings. The standard InChI is InChI=1S/C14H16NS3/c1-8-6-5-7-9-10-12(17-18-13(10)16-4)14(2,3)15-11(8)9/h5-7,15H,1-4H3/q+1. The first-order valence-electron chi connectivity index (χ1n) is 5.93. The van der Waals surface area contributed by atoms with Gasteiger partial charge in [-0.1, -0.05) is 30.0 Å². The van der Waals surface area contributed by atoms with Crippen LogP contribution in [0.25, 0.3) is 11.1 Å². The Bertz CT molecular complexity index is 613. The fraction of sp³-hybridized carbons (Fsp3) is 0.357. The van der Waals surface area contributed by atoms with E-state index < -0.39 is 0 Å². The summed E-state index contributed by atoms with van der Waals surface area (Å²) in [7, 11) is 3.81. The lowest BCUT2D eigenvalue weighted by Gasteiger charge is -2.33. The van der Waals surface area contributed by atoms with E-state index in [1.807, 2.05) is 32.4 Å². The molecule has 0 saturated heterocycles. The lowest BCUT2D eigenvalue weighted by Crippen LogP contribution is -2.31. The van der Waals surface area contributed by atoms with Crippen molar-refractivity contribution >= 4 is 38.1 Å². The maximum absolute atomic E-state index is 3.71. The quantitative estimate of drug-likeness (QED) is 0.426. The topological polar surface area (TPSA) is 12.0 Å².